The molecule has 2 fully saturated rings. The van der Waals surface area contributed by atoms with E-state index in [0.717, 1.165) is 25.9 Å². The molecule has 0 bridgehead atoms. The third-order valence-electron chi connectivity index (χ3n) is 5.62. The van der Waals surface area contributed by atoms with E-state index in [2.05, 4.69) is 0 Å². The first-order valence-electron chi connectivity index (χ1n) is 9.83. The molecular formula is C20H28N2O4S. The van der Waals surface area contributed by atoms with Crippen molar-refractivity contribution in [3.05, 3.63) is 29.8 Å². The van der Waals surface area contributed by atoms with Crippen LogP contribution in [0.4, 0.5) is 0 Å². The van der Waals surface area contributed by atoms with Gasteiger partial charge in [0.15, 0.2) is 9.84 Å². The van der Waals surface area contributed by atoms with Crippen molar-refractivity contribution in [1.29, 1.82) is 0 Å². The van der Waals surface area contributed by atoms with Crippen LogP contribution in [0.2, 0.25) is 0 Å². The Morgan fingerprint density at radius 3 is 2.30 bits per heavy atom. The Bertz CT molecular complexity index is 792. The fourth-order valence-corrected chi connectivity index (χ4v) is 4.80. The number of amides is 2. The van der Waals surface area contributed by atoms with E-state index < -0.39 is 9.84 Å². The van der Waals surface area contributed by atoms with Crippen LogP contribution < -0.4 is 0 Å². The Kier molecular flexibility index (Phi) is 6.19. The van der Waals surface area contributed by atoms with E-state index >= 15 is 0 Å². The number of benzene rings is 1. The summed E-state index contributed by atoms with van der Waals surface area (Å²) in [7, 11) is -3.34. The minimum atomic E-state index is -3.34. The lowest BCUT2D eigenvalue weighted by Gasteiger charge is -2.35. The second-order valence-corrected chi connectivity index (χ2v) is 9.66. The highest BCUT2D eigenvalue weighted by Crippen LogP contribution is 2.23. The number of piperidine rings is 2. The first kappa shape index (κ1) is 19.9. The van der Waals surface area contributed by atoms with Gasteiger partial charge in [-0.1, -0.05) is 13.0 Å². The van der Waals surface area contributed by atoms with E-state index in [4.69, 9.17) is 0 Å². The zero-order valence-corrected chi connectivity index (χ0v) is 16.7. The largest absolute Gasteiger partial charge is 0.342 e. The summed E-state index contributed by atoms with van der Waals surface area (Å²) < 4.78 is 24.1. The van der Waals surface area contributed by atoms with Gasteiger partial charge in [0.25, 0.3) is 5.91 Å². The van der Waals surface area contributed by atoms with Gasteiger partial charge in [0.2, 0.25) is 5.91 Å². The molecule has 1 aromatic carbocycles. The molecule has 0 aliphatic carbocycles. The SMILES string of the molecule is CCS(=O)(=O)c1cccc(C(=O)N2CCC(C(=O)N3CCCCC3)CC2)c1. The molecule has 148 valence electrons. The minimum absolute atomic E-state index is 0.000969. The molecule has 2 heterocycles. The maximum atomic E-state index is 12.8. The van der Waals surface area contributed by atoms with Crippen molar-refractivity contribution in [3.63, 3.8) is 0 Å². The fourth-order valence-electron chi connectivity index (χ4n) is 3.87. The number of hydrogen-bond donors (Lipinski definition) is 0. The molecule has 2 aliphatic rings. The van der Waals surface area contributed by atoms with Crippen molar-refractivity contribution in [2.45, 2.75) is 43.9 Å². The maximum Gasteiger partial charge on any atom is 0.253 e. The van der Waals surface area contributed by atoms with Crippen LogP contribution >= 0.6 is 0 Å². The van der Waals surface area contributed by atoms with Crippen LogP contribution in [0.3, 0.4) is 0 Å². The molecule has 6 nitrogen and oxygen atoms in total. The first-order valence-corrected chi connectivity index (χ1v) is 11.5. The van der Waals surface area contributed by atoms with Crippen LogP contribution in [0.15, 0.2) is 29.2 Å². The summed E-state index contributed by atoms with van der Waals surface area (Å²) in [4.78, 5) is 29.3. The molecule has 3 rings (SSSR count). The topological polar surface area (TPSA) is 74.8 Å². The number of rotatable bonds is 4. The third kappa shape index (κ3) is 4.51. The molecule has 0 atom stereocenters. The standard InChI is InChI=1S/C20H28N2O4S/c1-2-27(25,26)18-8-6-7-17(15-18)20(24)22-13-9-16(10-14-22)19(23)21-11-4-3-5-12-21/h6-8,15-16H,2-5,9-14H2,1H3. The third-order valence-corrected chi connectivity index (χ3v) is 7.35. The molecular weight excluding hydrogens is 364 g/mol. The normalized spacial score (nSPS) is 19.1. The van der Waals surface area contributed by atoms with Gasteiger partial charge in [-0.15, -0.1) is 0 Å². The summed E-state index contributed by atoms with van der Waals surface area (Å²) in [6.07, 6.45) is 4.71. The average Bonchev–Trinajstić information content (AvgIpc) is 2.73. The van der Waals surface area contributed by atoms with Crippen LogP contribution in [0.25, 0.3) is 0 Å². The molecule has 0 radical (unpaired) electrons. The number of carbonyl (C=O) groups is 2. The number of hydrogen-bond acceptors (Lipinski definition) is 4. The average molecular weight is 393 g/mol. The zero-order valence-electron chi connectivity index (χ0n) is 15.9. The monoisotopic (exact) mass is 392 g/mol. The van der Waals surface area contributed by atoms with E-state index in [1.165, 1.54) is 18.6 Å². The van der Waals surface area contributed by atoms with E-state index in [1.54, 1.807) is 24.0 Å². The van der Waals surface area contributed by atoms with Gasteiger partial charge in [-0.3, -0.25) is 9.59 Å². The number of nitrogens with zero attached hydrogens (tertiary/aromatic N) is 2. The first-order chi connectivity index (χ1) is 12.9. The van der Waals surface area contributed by atoms with Gasteiger partial charge in [0.05, 0.1) is 10.6 Å². The zero-order chi connectivity index (χ0) is 19.4. The summed E-state index contributed by atoms with van der Waals surface area (Å²) in [6.45, 7) is 4.38. The van der Waals surface area contributed by atoms with Crippen molar-refractivity contribution >= 4 is 21.7 Å². The van der Waals surface area contributed by atoms with Gasteiger partial charge >= 0.3 is 0 Å². The second kappa shape index (κ2) is 8.42. The molecule has 7 heteroatoms. The number of sulfone groups is 1. The quantitative estimate of drug-likeness (QED) is 0.788. The van der Waals surface area contributed by atoms with E-state index in [9.17, 15) is 18.0 Å². The molecule has 2 amide bonds. The molecule has 0 spiro atoms. The molecule has 0 unspecified atom stereocenters. The molecule has 27 heavy (non-hydrogen) atoms. The number of carbonyl (C=O) groups excluding carboxylic acids is 2. The van der Waals surface area contributed by atoms with Gasteiger partial charge in [-0.2, -0.15) is 0 Å². The van der Waals surface area contributed by atoms with Gasteiger partial charge in [0, 0.05) is 37.7 Å². The van der Waals surface area contributed by atoms with E-state index in [1.807, 2.05) is 4.90 Å². The molecule has 0 N–H and O–H groups in total. The molecule has 1 aromatic rings. The smallest absolute Gasteiger partial charge is 0.253 e. The van der Waals surface area contributed by atoms with Gasteiger partial charge in [-0.05, 0) is 50.3 Å². The Labute approximate surface area is 161 Å². The lowest BCUT2D eigenvalue weighted by Crippen LogP contribution is -2.45. The Hall–Kier alpha value is -1.89. The van der Waals surface area contributed by atoms with E-state index in [-0.39, 0.29) is 28.4 Å². The van der Waals surface area contributed by atoms with Crippen molar-refractivity contribution in [2.75, 3.05) is 31.9 Å². The highest BCUT2D eigenvalue weighted by atomic mass is 32.2. The Balaban J connectivity index is 1.62. The van der Waals surface area contributed by atoms with Crippen LogP contribution in [-0.4, -0.2) is 62.0 Å². The van der Waals surface area contributed by atoms with Crippen molar-refractivity contribution in [1.82, 2.24) is 9.80 Å². The molecule has 0 saturated carbocycles. The lowest BCUT2D eigenvalue weighted by atomic mass is 9.94. The Morgan fingerprint density at radius 2 is 1.67 bits per heavy atom. The van der Waals surface area contributed by atoms with E-state index in [0.29, 0.717) is 31.5 Å². The van der Waals surface area contributed by atoms with Crippen molar-refractivity contribution in [3.8, 4) is 0 Å². The van der Waals surface area contributed by atoms with Gasteiger partial charge < -0.3 is 9.80 Å². The minimum Gasteiger partial charge on any atom is -0.342 e. The summed E-state index contributed by atoms with van der Waals surface area (Å²) in [6, 6.07) is 6.26. The fraction of sp³-hybridized carbons (Fsp3) is 0.600. The van der Waals surface area contributed by atoms with Gasteiger partial charge in [-0.25, -0.2) is 8.42 Å². The molecule has 0 aromatic heterocycles. The summed E-state index contributed by atoms with van der Waals surface area (Å²) in [5, 5.41) is 0. The number of likely N-dealkylation sites (tertiary alicyclic amines) is 2. The van der Waals surface area contributed by atoms with Crippen molar-refractivity contribution in [2.24, 2.45) is 5.92 Å². The highest BCUT2D eigenvalue weighted by molar-refractivity contribution is 7.91. The second-order valence-electron chi connectivity index (χ2n) is 7.38. The highest BCUT2D eigenvalue weighted by Gasteiger charge is 2.31. The summed E-state index contributed by atoms with van der Waals surface area (Å²) in [5.74, 6) is 0.0816. The van der Waals surface area contributed by atoms with Crippen LogP contribution in [0.1, 0.15) is 49.4 Å². The predicted octanol–water partition coefficient (Wildman–Crippen LogP) is 2.34. The molecule has 2 aliphatic heterocycles. The Morgan fingerprint density at radius 1 is 1.00 bits per heavy atom. The lowest BCUT2D eigenvalue weighted by molar-refractivity contribution is -0.137. The maximum absolute atomic E-state index is 12.8. The predicted molar refractivity (Wildman–Crippen MR) is 103 cm³/mol. The summed E-state index contributed by atoms with van der Waals surface area (Å²) in [5.41, 5.74) is 0.394. The summed E-state index contributed by atoms with van der Waals surface area (Å²) >= 11 is 0. The van der Waals surface area contributed by atoms with Crippen LogP contribution in [-0.2, 0) is 14.6 Å². The van der Waals surface area contributed by atoms with Gasteiger partial charge in [0.1, 0.15) is 0 Å². The molecule has 2 saturated heterocycles. The van der Waals surface area contributed by atoms with Crippen molar-refractivity contribution < 1.29 is 18.0 Å². The van der Waals surface area contributed by atoms with Crippen LogP contribution in [0, 0.1) is 5.92 Å². The van der Waals surface area contributed by atoms with Crippen LogP contribution in [0.5, 0.6) is 0 Å².